The van der Waals surface area contributed by atoms with Crippen LogP contribution in [0.25, 0.3) is 0 Å². The largest absolute Gasteiger partial charge is 0.379 e. The van der Waals surface area contributed by atoms with Crippen LogP contribution in [0.1, 0.15) is 19.8 Å². The normalized spacial score (nSPS) is 11.9. The molecule has 0 bridgehead atoms. The maximum absolute atomic E-state index is 10.3. The van der Waals surface area contributed by atoms with Gasteiger partial charge in [-0.15, -0.1) is 0 Å². The van der Waals surface area contributed by atoms with Gasteiger partial charge in [-0.1, -0.05) is 13.3 Å². The van der Waals surface area contributed by atoms with Crippen LogP contribution in [0.5, 0.6) is 0 Å². The van der Waals surface area contributed by atoms with Crippen LogP contribution < -0.4 is 5.32 Å². The summed E-state index contributed by atoms with van der Waals surface area (Å²) in [4.78, 5) is 0. The van der Waals surface area contributed by atoms with Crippen molar-refractivity contribution in [3.05, 3.63) is 0 Å². The number of hydrogen-bond donors (Lipinski definition) is 2. The van der Waals surface area contributed by atoms with E-state index in [0.29, 0.717) is 13.2 Å². The standard InChI is InChI=1S/C8H19NO4S/c1-2-3-4-9-5-6-13-7-8-14(10,11)12/h9H,2-8H2,1H3,(H,10,11,12). The average molecular weight is 225 g/mol. The fraction of sp³-hybridized carbons (Fsp3) is 1.00. The summed E-state index contributed by atoms with van der Waals surface area (Å²) in [5.74, 6) is -0.331. The molecule has 0 aromatic heterocycles. The van der Waals surface area contributed by atoms with Gasteiger partial charge in [-0.2, -0.15) is 8.42 Å². The van der Waals surface area contributed by atoms with Gasteiger partial charge < -0.3 is 10.1 Å². The fourth-order valence-electron chi connectivity index (χ4n) is 0.837. The fourth-order valence-corrected chi connectivity index (χ4v) is 1.17. The van der Waals surface area contributed by atoms with Gasteiger partial charge in [0.05, 0.1) is 19.0 Å². The van der Waals surface area contributed by atoms with E-state index >= 15 is 0 Å². The summed E-state index contributed by atoms with van der Waals surface area (Å²) < 4.78 is 33.9. The lowest BCUT2D eigenvalue weighted by Gasteiger charge is -2.04. The number of unbranched alkanes of at least 4 members (excludes halogenated alkanes) is 1. The van der Waals surface area contributed by atoms with Gasteiger partial charge in [0.2, 0.25) is 0 Å². The van der Waals surface area contributed by atoms with Crippen molar-refractivity contribution in [3.63, 3.8) is 0 Å². The van der Waals surface area contributed by atoms with Crippen LogP contribution in [-0.4, -0.2) is 45.0 Å². The van der Waals surface area contributed by atoms with Crippen molar-refractivity contribution in [2.24, 2.45) is 0 Å². The number of ether oxygens (including phenoxy) is 1. The van der Waals surface area contributed by atoms with Crippen LogP contribution in [-0.2, 0) is 14.9 Å². The van der Waals surface area contributed by atoms with E-state index < -0.39 is 10.1 Å². The summed E-state index contributed by atoms with van der Waals surface area (Å²) in [5.41, 5.74) is 0. The first-order valence-corrected chi connectivity index (χ1v) is 6.41. The Balaban J connectivity index is 3.07. The first-order valence-electron chi connectivity index (χ1n) is 4.80. The molecule has 2 N–H and O–H groups in total. The topological polar surface area (TPSA) is 75.6 Å². The maximum Gasteiger partial charge on any atom is 0.267 e. The minimum absolute atomic E-state index is 0.0499. The Bertz CT molecular complexity index is 215. The molecule has 0 unspecified atom stereocenters. The quantitative estimate of drug-likeness (QED) is 0.435. The van der Waals surface area contributed by atoms with Crippen LogP contribution in [0.4, 0.5) is 0 Å². The average Bonchev–Trinajstić information content (AvgIpc) is 2.08. The van der Waals surface area contributed by atoms with Crippen LogP contribution in [0.3, 0.4) is 0 Å². The summed E-state index contributed by atoms with van der Waals surface area (Å²) >= 11 is 0. The molecule has 86 valence electrons. The van der Waals surface area contributed by atoms with Crippen LogP contribution in [0.2, 0.25) is 0 Å². The molecule has 0 aliphatic carbocycles. The summed E-state index contributed by atoms with van der Waals surface area (Å²) in [6.45, 7) is 4.31. The van der Waals surface area contributed by atoms with Crippen molar-refractivity contribution in [2.75, 3.05) is 32.1 Å². The Morgan fingerprint density at radius 3 is 2.57 bits per heavy atom. The number of hydrogen-bond acceptors (Lipinski definition) is 4. The number of nitrogens with one attached hydrogen (secondary N) is 1. The Kier molecular flexibility index (Phi) is 8.07. The molecular formula is C8H19NO4S. The van der Waals surface area contributed by atoms with Gasteiger partial charge in [-0.25, -0.2) is 0 Å². The molecule has 14 heavy (non-hydrogen) atoms. The number of rotatable bonds is 9. The SMILES string of the molecule is CCCCNCCOCCS(=O)(=O)O. The lowest BCUT2D eigenvalue weighted by Crippen LogP contribution is -2.22. The maximum atomic E-state index is 10.3. The molecule has 0 aromatic rings. The van der Waals surface area contributed by atoms with E-state index in [4.69, 9.17) is 9.29 Å². The monoisotopic (exact) mass is 225 g/mol. The molecule has 0 fully saturated rings. The minimum atomic E-state index is -3.87. The van der Waals surface area contributed by atoms with Crippen LogP contribution >= 0.6 is 0 Å². The molecule has 0 aromatic carbocycles. The Morgan fingerprint density at radius 2 is 2.00 bits per heavy atom. The third-order valence-electron chi connectivity index (χ3n) is 1.62. The highest BCUT2D eigenvalue weighted by atomic mass is 32.2. The van der Waals surface area contributed by atoms with Crippen LogP contribution in [0.15, 0.2) is 0 Å². The van der Waals surface area contributed by atoms with E-state index in [1.165, 1.54) is 0 Å². The van der Waals surface area contributed by atoms with Crippen molar-refractivity contribution in [3.8, 4) is 0 Å². The molecule has 6 heteroatoms. The van der Waals surface area contributed by atoms with Crippen LogP contribution in [0, 0.1) is 0 Å². The second kappa shape index (κ2) is 8.16. The Morgan fingerprint density at radius 1 is 1.29 bits per heavy atom. The lowest BCUT2D eigenvalue weighted by molar-refractivity contribution is 0.149. The van der Waals surface area contributed by atoms with Gasteiger partial charge in [-0.05, 0) is 13.0 Å². The smallest absolute Gasteiger partial charge is 0.267 e. The van der Waals surface area contributed by atoms with E-state index in [1.54, 1.807) is 0 Å². The van der Waals surface area contributed by atoms with E-state index in [1.807, 2.05) is 0 Å². The second-order valence-corrected chi connectivity index (χ2v) is 4.57. The van der Waals surface area contributed by atoms with Crippen molar-refractivity contribution in [2.45, 2.75) is 19.8 Å². The molecule has 0 atom stereocenters. The Labute approximate surface area is 85.6 Å². The van der Waals surface area contributed by atoms with Gasteiger partial charge in [0.1, 0.15) is 0 Å². The van der Waals surface area contributed by atoms with Crippen molar-refractivity contribution >= 4 is 10.1 Å². The highest BCUT2D eigenvalue weighted by Crippen LogP contribution is 1.84. The first kappa shape index (κ1) is 13.8. The molecule has 0 saturated carbocycles. The van der Waals surface area contributed by atoms with Crippen molar-refractivity contribution < 1.29 is 17.7 Å². The van der Waals surface area contributed by atoms with E-state index in [2.05, 4.69) is 12.2 Å². The molecule has 0 rings (SSSR count). The van der Waals surface area contributed by atoms with Crippen molar-refractivity contribution in [1.29, 1.82) is 0 Å². The Hall–Kier alpha value is -0.170. The highest BCUT2D eigenvalue weighted by Gasteiger charge is 2.02. The zero-order valence-electron chi connectivity index (χ0n) is 8.53. The van der Waals surface area contributed by atoms with Gasteiger partial charge in [0.15, 0.2) is 0 Å². The van der Waals surface area contributed by atoms with Gasteiger partial charge in [0.25, 0.3) is 10.1 Å². The molecular weight excluding hydrogens is 206 g/mol. The third kappa shape index (κ3) is 11.8. The molecule has 0 radical (unpaired) electrons. The van der Waals surface area contributed by atoms with E-state index in [9.17, 15) is 8.42 Å². The predicted molar refractivity (Wildman–Crippen MR) is 55.0 cm³/mol. The lowest BCUT2D eigenvalue weighted by atomic mass is 10.3. The van der Waals surface area contributed by atoms with E-state index in [-0.39, 0.29) is 12.4 Å². The zero-order valence-corrected chi connectivity index (χ0v) is 9.35. The van der Waals surface area contributed by atoms with E-state index in [0.717, 1.165) is 19.4 Å². The zero-order chi connectivity index (χ0) is 10.9. The molecule has 0 saturated heterocycles. The summed E-state index contributed by atoms with van der Waals surface area (Å²) in [5, 5.41) is 3.15. The highest BCUT2D eigenvalue weighted by molar-refractivity contribution is 7.85. The van der Waals surface area contributed by atoms with Gasteiger partial charge >= 0.3 is 0 Å². The summed E-state index contributed by atoms with van der Waals surface area (Å²) in [7, 11) is -3.87. The van der Waals surface area contributed by atoms with Gasteiger partial charge in [-0.3, -0.25) is 4.55 Å². The molecule has 5 nitrogen and oxygen atoms in total. The first-order chi connectivity index (χ1) is 6.56. The molecule has 0 aliphatic heterocycles. The van der Waals surface area contributed by atoms with Gasteiger partial charge in [0, 0.05) is 6.54 Å². The summed E-state index contributed by atoms with van der Waals surface area (Å²) in [6, 6.07) is 0. The molecule has 0 heterocycles. The second-order valence-electron chi connectivity index (χ2n) is 3.00. The molecule has 0 spiro atoms. The summed E-state index contributed by atoms with van der Waals surface area (Å²) in [6.07, 6.45) is 2.28. The van der Waals surface area contributed by atoms with Crippen molar-refractivity contribution in [1.82, 2.24) is 5.32 Å². The predicted octanol–water partition coefficient (Wildman–Crippen LogP) is 0.281. The molecule has 0 amide bonds. The third-order valence-corrected chi connectivity index (χ3v) is 2.30. The minimum Gasteiger partial charge on any atom is -0.379 e. The molecule has 0 aliphatic rings.